The number of benzene rings is 3. The molecule has 0 radical (unpaired) electrons. The quantitative estimate of drug-likeness (QED) is 0.536. The molecule has 0 aliphatic carbocycles. The van der Waals surface area contributed by atoms with Crippen molar-refractivity contribution < 1.29 is 9.53 Å². The van der Waals surface area contributed by atoms with Crippen LogP contribution >= 0.6 is 23.2 Å². The normalized spacial score (nSPS) is 10.7. The summed E-state index contributed by atoms with van der Waals surface area (Å²) in [5.41, 5.74) is 2.34. The number of carbonyl (C=O) groups excluding carboxylic acids is 1. The van der Waals surface area contributed by atoms with E-state index in [4.69, 9.17) is 27.9 Å². The second-order valence-corrected chi connectivity index (χ2v) is 6.44. The van der Waals surface area contributed by atoms with Gasteiger partial charge >= 0.3 is 0 Å². The Morgan fingerprint density at radius 2 is 1.70 bits per heavy atom. The van der Waals surface area contributed by atoms with Crippen molar-refractivity contribution in [2.75, 3.05) is 11.9 Å². The molecule has 0 aromatic heterocycles. The zero-order chi connectivity index (χ0) is 19.1. The highest BCUT2D eigenvalue weighted by atomic mass is 35.5. The topological polar surface area (TPSA) is 50.7 Å². The molecule has 3 aromatic carbocycles. The third-order valence-electron chi connectivity index (χ3n) is 3.57. The number of anilines is 1. The summed E-state index contributed by atoms with van der Waals surface area (Å²) < 4.78 is 5.50. The summed E-state index contributed by atoms with van der Waals surface area (Å²) in [5, 5.41) is 3.72. The molecule has 1 N–H and O–H groups in total. The smallest absolute Gasteiger partial charge is 0.262 e. The zero-order valence-corrected chi connectivity index (χ0v) is 15.7. The number of para-hydroxylation sites is 1. The Kier molecular flexibility index (Phi) is 6.47. The minimum absolute atomic E-state index is 0.0639. The molecular weight excluding hydrogens is 383 g/mol. The number of ether oxygens (including phenoxy) is 1. The standard InChI is InChI=1S/C21H16Cl2N2O2/c22-19-11-8-17(12-20(19)23)24-13-15-6-9-18(10-7-15)27-14-21(26)25-16-4-2-1-3-5-16/h1-13H,14H2,(H,25,26). The number of hydrogen-bond donors (Lipinski definition) is 1. The van der Waals surface area contributed by atoms with E-state index in [2.05, 4.69) is 10.3 Å². The highest BCUT2D eigenvalue weighted by Crippen LogP contribution is 2.26. The second-order valence-electron chi connectivity index (χ2n) is 5.63. The number of carbonyl (C=O) groups is 1. The molecule has 3 rings (SSSR count). The lowest BCUT2D eigenvalue weighted by atomic mass is 10.2. The fraction of sp³-hybridized carbons (Fsp3) is 0.0476. The molecule has 0 aliphatic heterocycles. The van der Waals surface area contributed by atoms with Gasteiger partial charge in [-0.1, -0.05) is 41.4 Å². The molecule has 0 bridgehead atoms. The minimum atomic E-state index is -0.216. The van der Waals surface area contributed by atoms with Crippen molar-refractivity contribution in [1.82, 2.24) is 0 Å². The molecule has 0 saturated heterocycles. The first-order valence-electron chi connectivity index (χ1n) is 8.17. The number of amides is 1. The van der Waals surface area contributed by atoms with Crippen molar-refractivity contribution in [3.8, 4) is 5.75 Å². The van der Waals surface area contributed by atoms with Gasteiger partial charge in [0.15, 0.2) is 6.61 Å². The van der Waals surface area contributed by atoms with Crippen LogP contribution in [0.25, 0.3) is 0 Å². The molecule has 0 spiro atoms. The lowest BCUT2D eigenvalue weighted by Crippen LogP contribution is -2.20. The van der Waals surface area contributed by atoms with Gasteiger partial charge in [0, 0.05) is 11.9 Å². The van der Waals surface area contributed by atoms with Crippen LogP contribution in [0.3, 0.4) is 0 Å². The average Bonchev–Trinajstić information content (AvgIpc) is 2.69. The van der Waals surface area contributed by atoms with Crippen molar-refractivity contribution in [1.29, 1.82) is 0 Å². The monoisotopic (exact) mass is 398 g/mol. The molecule has 0 unspecified atom stereocenters. The number of aliphatic imine (C=N–C) groups is 1. The maximum Gasteiger partial charge on any atom is 0.262 e. The predicted molar refractivity (Wildman–Crippen MR) is 111 cm³/mol. The molecule has 0 saturated carbocycles. The highest BCUT2D eigenvalue weighted by molar-refractivity contribution is 6.42. The van der Waals surface area contributed by atoms with Gasteiger partial charge in [0.2, 0.25) is 0 Å². The summed E-state index contributed by atoms with van der Waals surface area (Å²) in [7, 11) is 0. The van der Waals surface area contributed by atoms with E-state index >= 15 is 0 Å². The second kappa shape index (κ2) is 9.21. The molecule has 0 fully saturated rings. The van der Waals surface area contributed by atoms with E-state index < -0.39 is 0 Å². The number of rotatable bonds is 6. The van der Waals surface area contributed by atoms with Crippen molar-refractivity contribution >= 4 is 46.7 Å². The van der Waals surface area contributed by atoms with Gasteiger partial charge in [-0.2, -0.15) is 0 Å². The number of hydrogen-bond acceptors (Lipinski definition) is 3. The minimum Gasteiger partial charge on any atom is -0.484 e. The van der Waals surface area contributed by atoms with Crippen molar-refractivity contribution in [3.63, 3.8) is 0 Å². The van der Waals surface area contributed by atoms with Gasteiger partial charge in [0.05, 0.1) is 15.7 Å². The van der Waals surface area contributed by atoms with Crippen LogP contribution in [0.1, 0.15) is 5.56 Å². The summed E-state index contributed by atoms with van der Waals surface area (Å²) >= 11 is 11.9. The van der Waals surface area contributed by atoms with E-state index in [9.17, 15) is 4.79 Å². The van der Waals surface area contributed by atoms with Gasteiger partial charge in [0.25, 0.3) is 5.91 Å². The first-order chi connectivity index (χ1) is 13.1. The van der Waals surface area contributed by atoms with E-state index in [0.717, 1.165) is 11.3 Å². The van der Waals surface area contributed by atoms with Crippen LogP contribution in [0.5, 0.6) is 5.75 Å². The van der Waals surface area contributed by atoms with Crippen molar-refractivity contribution in [2.45, 2.75) is 0 Å². The molecule has 3 aromatic rings. The summed E-state index contributed by atoms with van der Waals surface area (Å²) in [6.07, 6.45) is 1.71. The Labute approximate surface area is 167 Å². The third-order valence-corrected chi connectivity index (χ3v) is 4.31. The van der Waals surface area contributed by atoms with Crippen LogP contribution in [0.2, 0.25) is 10.0 Å². The summed E-state index contributed by atoms with van der Waals surface area (Å²) in [5.74, 6) is 0.386. The Balaban J connectivity index is 1.53. The van der Waals surface area contributed by atoms with Crippen LogP contribution in [0, 0.1) is 0 Å². The molecular formula is C21H16Cl2N2O2. The van der Waals surface area contributed by atoms with Crippen LogP contribution in [0.4, 0.5) is 11.4 Å². The number of nitrogens with one attached hydrogen (secondary N) is 1. The lowest BCUT2D eigenvalue weighted by Gasteiger charge is -2.07. The summed E-state index contributed by atoms with van der Waals surface area (Å²) in [6, 6.07) is 21.7. The number of halogens is 2. The van der Waals surface area contributed by atoms with Gasteiger partial charge in [-0.3, -0.25) is 9.79 Å². The fourth-order valence-corrected chi connectivity index (χ4v) is 2.52. The number of nitrogens with zero attached hydrogens (tertiary/aromatic N) is 1. The van der Waals surface area contributed by atoms with Gasteiger partial charge in [-0.05, 0) is 60.2 Å². The van der Waals surface area contributed by atoms with Crippen LogP contribution in [-0.4, -0.2) is 18.7 Å². The van der Waals surface area contributed by atoms with E-state index in [-0.39, 0.29) is 12.5 Å². The first kappa shape index (κ1) is 19.0. The molecule has 0 heterocycles. The van der Waals surface area contributed by atoms with E-state index in [1.807, 2.05) is 42.5 Å². The molecule has 136 valence electrons. The first-order valence-corrected chi connectivity index (χ1v) is 8.92. The Morgan fingerprint density at radius 1 is 0.963 bits per heavy atom. The lowest BCUT2D eigenvalue weighted by molar-refractivity contribution is -0.118. The fourth-order valence-electron chi connectivity index (χ4n) is 2.23. The van der Waals surface area contributed by atoms with Crippen LogP contribution in [0.15, 0.2) is 77.8 Å². The highest BCUT2D eigenvalue weighted by Gasteiger charge is 2.03. The summed E-state index contributed by atoms with van der Waals surface area (Å²) in [4.78, 5) is 16.2. The Morgan fingerprint density at radius 3 is 2.41 bits per heavy atom. The van der Waals surface area contributed by atoms with Crippen molar-refractivity contribution in [3.05, 3.63) is 88.4 Å². The molecule has 0 aliphatic rings. The van der Waals surface area contributed by atoms with E-state index in [1.165, 1.54) is 0 Å². The van der Waals surface area contributed by atoms with Gasteiger partial charge < -0.3 is 10.1 Å². The van der Waals surface area contributed by atoms with E-state index in [0.29, 0.717) is 21.5 Å². The van der Waals surface area contributed by atoms with Crippen LogP contribution < -0.4 is 10.1 Å². The molecule has 0 atom stereocenters. The molecule has 6 heteroatoms. The summed E-state index contributed by atoms with van der Waals surface area (Å²) in [6.45, 7) is -0.0639. The predicted octanol–water partition coefficient (Wildman–Crippen LogP) is 5.76. The van der Waals surface area contributed by atoms with Gasteiger partial charge in [-0.15, -0.1) is 0 Å². The maximum atomic E-state index is 11.9. The molecule has 27 heavy (non-hydrogen) atoms. The molecule has 4 nitrogen and oxygen atoms in total. The van der Waals surface area contributed by atoms with Gasteiger partial charge in [0.1, 0.15) is 5.75 Å². The van der Waals surface area contributed by atoms with E-state index in [1.54, 1.807) is 36.5 Å². The average molecular weight is 399 g/mol. The van der Waals surface area contributed by atoms with Crippen LogP contribution in [-0.2, 0) is 4.79 Å². The molecule has 1 amide bonds. The maximum absolute atomic E-state index is 11.9. The Bertz CT molecular complexity index is 942. The zero-order valence-electron chi connectivity index (χ0n) is 14.2. The van der Waals surface area contributed by atoms with Gasteiger partial charge in [-0.25, -0.2) is 0 Å². The largest absolute Gasteiger partial charge is 0.484 e. The Hall–Kier alpha value is -2.82. The van der Waals surface area contributed by atoms with Crippen molar-refractivity contribution in [2.24, 2.45) is 4.99 Å². The SMILES string of the molecule is O=C(COc1ccc(C=Nc2ccc(Cl)c(Cl)c2)cc1)Nc1ccccc1. The third kappa shape index (κ3) is 5.84.